The molecule has 0 bridgehead atoms. The van der Waals surface area contributed by atoms with Gasteiger partial charge >= 0.3 is 0 Å². The predicted molar refractivity (Wildman–Crippen MR) is 94.6 cm³/mol. The zero-order valence-corrected chi connectivity index (χ0v) is 14.3. The highest BCUT2D eigenvalue weighted by Crippen LogP contribution is 2.08. The number of carbonyl (C=O) groups is 1. The number of aromatic nitrogens is 1. The Bertz CT molecular complexity index is 816. The zero-order valence-electron chi connectivity index (χ0n) is 13.5. The molecule has 0 aliphatic rings. The summed E-state index contributed by atoms with van der Waals surface area (Å²) in [5.74, 6) is -0.0678. The third-order valence-corrected chi connectivity index (χ3v) is 4.69. The molecular formula is C17H19N3O3S. The SMILES string of the molecule is Cc1ccc(NC(=O)CN(C)S(=O)(=O)/C=C/c2ccccc2)nc1. The van der Waals surface area contributed by atoms with E-state index in [1.54, 1.807) is 24.4 Å². The molecule has 1 N–H and O–H groups in total. The van der Waals surface area contributed by atoms with E-state index in [1.807, 2.05) is 31.2 Å². The quantitative estimate of drug-likeness (QED) is 0.871. The lowest BCUT2D eigenvalue weighted by atomic mass is 10.2. The number of nitrogens with zero attached hydrogens (tertiary/aromatic N) is 2. The Morgan fingerprint density at radius 1 is 1.21 bits per heavy atom. The van der Waals surface area contributed by atoms with E-state index >= 15 is 0 Å². The number of aryl methyl sites for hydroxylation is 1. The van der Waals surface area contributed by atoms with Crippen LogP contribution in [0.1, 0.15) is 11.1 Å². The first-order valence-electron chi connectivity index (χ1n) is 7.29. The molecule has 1 heterocycles. The van der Waals surface area contributed by atoms with Gasteiger partial charge in [0.25, 0.3) is 0 Å². The summed E-state index contributed by atoms with van der Waals surface area (Å²) in [7, 11) is -2.33. The van der Waals surface area contributed by atoms with Crippen molar-refractivity contribution >= 4 is 27.8 Å². The van der Waals surface area contributed by atoms with E-state index < -0.39 is 15.9 Å². The highest BCUT2D eigenvalue weighted by atomic mass is 32.2. The van der Waals surface area contributed by atoms with Crippen molar-refractivity contribution in [3.63, 3.8) is 0 Å². The lowest BCUT2D eigenvalue weighted by molar-refractivity contribution is -0.116. The highest BCUT2D eigenvalue weighted by molar-refractivity contribution is 7.92. The van der Waals surface area contributed by atoms with Gasteiger partial charge in [0.05, 0.1) is 6.54 Å². The molecule has 0 fully saturated rings. The molecule has 0 aliphatic heterocycles. The monoisotopic (exact) mass is 345 g/mol. The molecule has 6 nitrogen and oxygen atoms in total. The first kappa shape index (κ1) is 17.8. The number of hydrogen-bond donors (Lipinski definition) is 1. The molecule has 0 saturated carbocycles. The molecule has 0 saturated heterocycles. The van der Waals surface area contributed by atoms with Gasteiger partial charge in [0.2, 0.25) is 15.9 Å². The van der Waals surface area contributed by atoms with Crippen molar-refractivity contribution in [3.8, 4) is 0 Å². The molecule has 1 aromatic carbocycles. The number of anilines is 1. The van der Waals surface area contributed by atoms with Gasteiger partial charge in [0.1, 0.15) is 5.82 Å². The minimum atomic E-state index is -3.68. The zero-order chi connectivity index (χ0) is 17.6. The van der Waals surface area contributed by atoms with Crippen LogP contribution in [-0.4, -0.2) is 37.2 Å². The van der Waals surface area contributed by atoms with E-state index in [9.17, 15) is 13.2 Å². The van der Waals surface area contributed by atoms with Crippen LogP contribution in [0.4, 0.5) is 5.82 Å². The standard InChI is InChI=1S/C17H19N3O3S/c1-14-8-9-16(18-12-14)19-17(21)13-20(2)24(22,23)11-10-15-6-4-3-5-7-15/h3-12H,13H2,1-2H3,(H,18,19,21)/b11-10+. The molecule has 7 heteroatoms. The molecule has 1 amide bonds. The van der Waals surface area contributed by atoms with Gasteiger partial charge in [0, 0.05) is 18.7 Å². The number of nitrogens with one attached hydrogen (secondary N) is 1. The lowest BCUT2D eigenvalue weighted by Crippen LogP contribution is -2.33. The van der Waals surface area contributed by atoms with Crippen molar-refractivity contribution in [2.75, 3.05) is 18.9 Å². The fourth-order valence-electron chi connectivity index (χ4n) is 1.85. The number of benzene rings is 1. The van der Waals surface area contributed by atoms with Crippen LogP contribution < -0.4 is 5.32 Å². The van der Waals surface area contributed by atoms with Crippen molar-refractivity contribution in [3.05, 3.63) is 65.2 Å². The maximum Gasteiger partial charge on any atom is 0.240 e. The number of hydrogen-bond acceptors (Lipinski definition) is 4. The van der Waals surface area contributed by atoms with Crippen molar-refractivity contribution in [2.45, 2.75) is 6.92 Å². The van der Waals surface area contributed by atoms with Crippen molar-refractivity contribution in [2.24, 2.45) is 0 Å². The molecule has 0 spiro atoms. The second-order valence-electron chi connectivity index (χ2n) is 5.28. The van der Waals surface area contributed by atoms with Crippen LogP contribution in [0, 0.1) is 6.92 Å². The topological polar surface area (TPSA) is 79.4 Å². The molecule has 0 aliphatic carbocycles. The number of carbonyl (C=O) groups excluding carboxylic acids is 1. The largest absolute Gasteiger partial charge is 0.310 e. The molecule has 0 radical (unpaired) electrons. The van der Waals surface area contributed by atoms with E-state index in [0.29, 0.717) is 5.82 Å². The minimum Gasteiger partial charge on any atom is -0.310 e. The van der Waals surface area contributed by atoms with Crippen LogP contribution >= 0.6 is 0 Å². The van der Waals surface area contributed by atoms with Gasteiger partial charge in [-0.25, -0.2) is 13.4 Å². The number of amides is 1. The molecule has 2 rings (SSSR count). The third-order valence-electron chi connectivity index (χ3n) is 3.21. The molecule has 2 aromatic rings. The Morgan fingerprint density at radius 3 is 2.54 bits per heavy atom. The Morgan fingerprint density at radius 2 is 1.92 bits per heavy atom. The van der Waals surface area contributed by atoms with Crippen LogP contribution in [-0.2, 0) is 14.8 Å². The molecular weight excluding hydrogens is 326 g/mol. The van der Waals surface area contributed by atoms with E-state index in [2.05, 4.69) is 10.3 Å². The predicted octanol–water partition coefficient (Wildman–Crippen LogP) is 2.26. The summed E-state index contributed by atoms with van der Waals surface area (Å²) >= 11 is 0. The summed E-state index contributed by atoms with van der Waals surface area (Å²) in [5, 5.41) is 3.65. The number of rotatable bonds is 6. The van der Waals surface area contributed by atoms with E-state index in [0.717, 1.165) is 20.8 Å². The van der Waals surface area contributed by atoms with Crippen molar-refractivity contribution in [1.82, 2.24) is 9.29 Å². The van der Waals surface area contributed by atoms with E-state index in [-0.39, 0.29) is 6.54 Å². The third kappa shape index (κ3) is 5.29. The summed E-state index contributed by atoms with van der Waals surface area (Å²) in [6.07, 6.45) is 3.12. The van der Waals surface area contributed by atoms with E-state index in [1.165, 1.54) is 13.1 Å². The second-order valence-corrected chi connectivity index (χ2v) is 7.21. The highest BCUT2D eigenvalue weighted by Gasteiger charge is 2.17. The Hall–Kier alpha value is -2.51. The summed E-state index contributed by atoms with van der Waals surface area (Å²) in [6, 6.07) is 12.5. The Balaban J connectivity index is 1.97. The van der Waals surface area contributed by atoms with Crippen molar-refractivity contribution < 1.29 is 13.2 Å². The van der Waals surface area contributed by atoms with Gasteiger partial charge in [-0.05, 0) is 30.2 Å². The van der Waals surface area contributed by atoms with Crippen LogP contribution in [0.3, 0.4) is 0 Å². The second kappa shape index (κ2) is 7.85. The first-order chi connectivity index (χ1) is 11.4. The summed E-state index contributed by atoms with van der Waals surface area (Å²) in [4.78, 5) is 16.0. The van der Waals surface area contributed by atoms with Crippen LogP contribution in [0.25, 0.3) is 6.08 Å². The van der Waals surface area contributed by atoms with Gasteiger partial charge < -0.3 is 5.32 Å². The summed E-state index contributed by atoms with van der Waals surface area (Å²) in [5.41, 5.74) is 1.74. The Labute approximate surface area is 141 Å². The molecule has 0 unspecified atom stereocenters. The molecule has 126 valence electrons. The fourth-order valence-corrected chi connectivity index (χ4v) is 2.68. The summed E-state index contributed by atoms with van der Waals surface area (Å²) in [6.45, 7) is 1.59. The first-order valence-corrected chi connectivity index (χ1v) is 8.79. The van der Waals surface area contributed by atoms with Crippen LogP contribution in [0.5, 0.6) is 0 Å². The van der Waals surface area contributed by atoms with E-state index in [4.69, 9.17) is 0 Å². The van der Waals surface area contributed by atoms with Gasteiger partial charge in [-0.15, -0.1) is 0 Å². The van der Waals surface area contributed by atoms with Crippen LogP contribution in [0.15, 0.2) is 54.1 Å². The Kier molecular flexibility index (Phi) is 5.83. The van der Waals surface area contributed by atoms with Gasteiger partial charge in [-0.1, -0.05) is 36.4 Å². The number of sulfonamides is 1. The number of likely N-dealkylation sites (N-methyl/N-ethyl adjacent to an activating group) is 1. The average Bonchev–Trinajstić information content (AvgIpc) is 2.56. The lowest BCUT2D eigenvalue weighted by Gasteiger charge is -2.14. The molecule has 24 heavy (non-hydrogen) atoms. The molecule has 1 aromatic heterocycles. The van der Waals surface area contributed by atoms with Gasteiger partial charge in [-0.2, -0.15) is 4.31 Å². The fraction of sp³-hybridized carbons (Fsp3) is 0.176. The maximum atomic E-state index is 12.2. The minimum absolute atomic E-state index is 0.295. The van der Waals surface area contributed by atoms with Crippen LogP contribution in [0.2, 0.25) is 0 Å². The average molecular weight is 345 g/mol. The van der Waals surface area contributed by atoms with Gasteiger partial charge in [0.15, 0.2) is 0 Å². The number of pyridine rings is 1. The normalized spacial score (nSPS) is 11.8. The maximum absolute atomic E-state index is 12.2. The van der Waals surface area contributed by atoms with Gasteiger partial charge in [-0.3, -0.25) is 4.79 Å². The summed E-state index contributed by atoms with van der Waals surface area (Å²) < 4.78 is 25.3. The van der Waals surface area contributed by atoms with Crippen molar-refractivity contribution in [1.29, 1.82) is 0 Å². The smallest absolute Gasteiger partial charge is 0.240 e. The molecule has 0 atom stereocenters.